The highest BCUT2D eigenvalue weighted by Crippen LogP contribution is 2.38. The first-order valence-electron chi connectivity index (χ1n) is 12.3. The average Bonchev–Trinajstić information content (AvgIpc) is 3.65. The summed E-state index contributed by atoms with van der Waals surface area (Å²) >= 11 is 12.0. The van der Waals surface area contributed by atoms with Gasteiger partial charge in [0.1, 0.15) is 12.1 Å². The maximum atomic E-state index is 13.3. The zero-order chi connectivity index (χ0) is 26.3. The SMILES string of the molecule is CN(Cc1ccc(Cl)c(Cl)c1)C(=O)Cn1cnc2ccc(C3CCN(C(=O)C4(O)CC4)CC3)cc2c1=O. The minimum Gasteiger partial charge on any atom is -0.380 e. The molecule has 1 saturated carbocycles. The van der Waals surface area contributed by atoms with Crippen LogP contribution in [0.1, 0.15) is 42.7 Å². The van der Waals surface area contributed by atoms with Gasteiger partial charge in [0.05, 0.1) is 27.3 Å². The Kier molecular flexibility index (Phi) is 7.00. The number of rotatable bonds is 6. The number of likely N-dealkylation sites (N-methyl/N-ethyl adjacent to an activating group) is 1. The van der Waals surface area contributed by atoms with E-state index in [4.69, 9.17) is 23.2 Å². The molecule has 2 aliphatic rings. The van der Waals surface area contributed by atoms with E-state index in [2.05, 4.69) is 4.98 Å². The highest BCUT2D eigenvalue weighted by molar-refractivity contribution is 6.42. The molecule has 2 aromatic carbocycles. The van der Waals surface area contributed by atoms with Crippen LogP contribution >= 0.6 is 23.2 Å². The van der Waals surface area contributed by atoms with E-state index in [1.807, 2.05) is 18.2 Å². The quantitative estimate of drug-likeness (QED) is 0.513. The largest absolute Gasteiger partial charge is 0.380 e. The fraction of sp³-hybridized carbons (Fsp3) is 0.407. The minimum absolute atomic E-state index is 0.132. The maximum absolute atomic E-state index is 13.3. The summed E-state index contributed by atoms with van der Waals surface area (Å²) in [6, 6.07) is 10.9. The monoisotopic (exact) mass is 542 g/mol. The molecule has 1 aromatic heterocycles. The van der Waals surface area contributed by atoms with Gasteiger partial charge in [-0.2, -0.15) is 0 Å². The Labute approximate surface area is 224 Å². The number of halogens is 2. The highest BCUT2D eigenvalue weighted by atomic mass is 35.5. The number of likely N-dealkylation sites (tertiary alicyclic amines) is 1. The Bertz CT molecular complexity index is 1430. The molecule has 0 radical (unpaired) electrons. The van der Waals surface area contributed by atoms with Crippen LogP contribution < -0.4 is 5.56 Å². The van der Waals surface area contributed by atoms with Crippen molar-refractivity contribution in [1.29, 1.82) is 0 Å². The molecule has 2 heterocycles. The van der Waals surface area contributed by atoms with Gasteiger partial charge in [0.2, 0.25) is 5.91 Å². The molecule has 10 heteroatoms. The number of carbonyl (C=O) groups excluding carboxylic acids is 2. The zero-order valence-corrected chi connectivity index (χ0v) is 22.0. The molecule has 0 atom stereocenters. The third-order valence-electron chi connectivity index (χ3n) is 7.36. The lowest BCUT2D eigenvalue weighted by Gasteiger charge is -2.33. The van der Waals surface area contributed by atoms with E-state index in [0.29, 0.717) is 53.4 Å². The summed E-state index contributed by atoms with van der Waals surface area (Å²) in [6.07, 6.45) is 4.02. The highest BCUT2D eigenvalue weighted by Gasteiger charge is 2.50. The van der Waals surface area contributed by atoms with Gasteiger partial charge in [0.15, 0.2) is 0 Å². The standard InChI is InChI=1S/C27H28Cl2N4O4/c1-31(14-17-2-4-21(28)22(29)12-17)24(34)15-33-16-30-23-5-3-19(13-20(23)25(33)35)18-6-10-32(11-7-18)26(36)27(37)8-9-27/h2-5,12-13,16,18,37H,6-11,14-15H2,1H3. The van der Waals surface area contributed by atoms with Gasteiger partial charge in [-0.25, -0.2) is 4.98 Å². The van der Waals surface area contributed by atoms with Crippen LogP contribution in [0.5, 0.6) is 0 Å². The third kappa shape index (κ3) is 5.37. The van der Waals surface area contributed by atoms with Crippen LogP contribution in [0.25, 0.3) is 10.9 Å². The molecule has 3 aromatic rings. The molecule has 1 aliphatic heterocycles. The first-order chi connectivity index (χ1) is 17.6. The molecule has 194 valence electrons. The average molecular weight is 543 g/mol. The van der Waals surface area contributed by atoms with Crippen LogP contribution in [0.2, 0.25) is 10.0 Å². The van der Waals surface area contributed by atoms with Crippen LogP contribution in [-0.2, 0) is 22.7 Å². The van der Waals surface area contributed by atoms with E-state index < -0.39 is 5.60 Å². The number of piperidine rings is 1. The van der Waals surface area contributed by atoms with Crippen molar-refractivity contribution in [2.45, 2.75) is 50.3 Å². The number of carbonyl (C=O) groups is 2. The number of nitrogens with zero attached hydrogens (tertiary/aromatic N) is 4. The van der Waals surface area contributed by atoms with Gasteiger partial charge >= 0.3 is 0 Å². The molecule has 2 fully saturated rings. The van der Waals surface area contributed by atoms with Gasteiger partial charge in [0, 0.05) is 26.7 Å². The lowest BCUT2D eigenvalue weighted by molar-refractivity contribution is -0.143. The molecule has 2 amide bonds. The second kappa shape index (κ2) is 10.1. The number of hydrogen-bond acceptors (Lipinski definition) is 5. The Balaban J connectivity index is 1.28. The normalized spacial score (nSPS) is 17.1. The maximum Gasteiger partial charge on any atom is 0.261 e. The predicted octanol–water partition coefficient (Wildman–Crippen LogP) is 3.59. The van der Waals surface area contributed by atoms with Crippen molar-refractivity contribution in [1.82, 2.24) is 19.4 Å². The summed E-state index contributed by atoms with van der Waals surface area (Å²) in [6.45, 7) is 1.36. The summed E-state index contributed by atoms with van der Waals surface area (Å²) < 4.78 is 1.33. The fourth-order valence-corrected chi connectivity index (χ4v) is 5.17. The summed E-state index contributed by atoms with van der Waals surface area (Å²) in [4.78, 5) is 46.2. The number of aliphatic hydroxyl groups is 1. The number of aromatic nitrogens is 2. The van der Waals surface area contributed by atoms with Crippen LogP contribution in [-0.4, -0.2) is 62.0 Å². The van der Waals surface area contributed by atoms with Gasteiger partial charge < -0.3 is 14.9 Å². The smallest absolute Gasteiger partial charge is 0.261 e. The van der Waals surface area contributed by atoms with Crippen molar-refractivity contribution in [2.24, 2.45) is 0 Å². The fourth-order valence-electron chi connectivity index (χ4n) is 4.85. The van der Waals surface area contributed by atoms with E-state index in [1.165, 1.54) is 15.8 Å². The molecule has 0 unspecified atom stereocenters. The lowest BCUT2D eigenvalue weighted by Crippen LogP contribution is -2.44. The van der Waals surface area contributed by atoms with Crippen molar-refractivity contribution in [3.05, 3.63) is 74.3 Å². The summed E-state index contributed by atoms with van der Waals surface area (Å²) in [5.41, 5.74) is 1.01. The van der Waals surface area contributed by atoms with E-state index in [0.717, 1.165) is 24.0 Å². The van der Waals surface area contributed by atoms with E-state index in [9.17, 15) is 19.5 Å². The summed E-state index contributed by atoms with van der Waals surface area (Å²) in [7, 11) is 1.67. The van der Waals surface area contributed by atoms with Crippen LogP contribution in [0.15, 0.2) is 47.5 Å². The Morgan fingerprint density at radius 1 is 1.11 bits per heavy atom. The Morgan fingerprint density at radius 2 is 1.84 bits per heavy atom. The van der Waals surface area contributed by atoms with Crippen molar-refractivity contribution in [3.8, 4) is 0 Å². The minimum atomic E-state index is -1.14. The Morgan fingerprint density at radius 3 is 2.51 bits per heavy atom. The van der Waals surface area contributed by atoms with Crippen molar-refractivity contribution in [3.63, 3.8) is 0 Å². The summed E-state index contributed by atoms with van der Waals surface area (Å²) in [5, 5.41) is 11.5. The molecule has 37 heavy (non-hydrogen) atoms. The second-order valence-electron chi connectivity index (χ2n) is 10.1. The molecule has 1 N–H and O–H groups in total. The third-order valence-corrected chi connectivity index (χ3v) is 8.10. The van der Waals surface area contributed by atoms with Gasteiger partial charge in [-0.1, -0.05) is 35.3 Å². The topological polar surface area (TPSA) is 95.7 Å². The van der Waals surface area contributed by atoms with E-state index in [-0.39, 0.29) is 29.8 Å². The number of hydrogen-bond donors (Lipinski definition) is 1. The lowest BCUT2D eigenvalue weighted by atomic mass is 9.88. The predicted molar refractivity (Wildman–Crippen MR) is 142 cm³/mol. The molecular weight excluding hydrogens is 515 g/mol. The van der Waals surface area contributed by atoms with Gasteiger partial charge in [-0.15, -0.1) is 0 Å². The van der Waals surface area contributed by atoms with Crippen LogP contribution in [0.4, 0.5) is 0 Å². The van der Waals surface area contributed by atoms with Gasteiger partial charge in [0.25, 0.3) is 11.5 Å². The van der Waals surface area contributed by atoms with Gasteiger partial charge in [-0.3, -0.25) is 19.0 Å². The molecule has 8 nitrogen and oxygen atoms in total. The van der Waals surface area contributed by atoms with Crippen LogP contribution in [0.3, 0.4) is 0 Å². The van der Waals surface area contributed by atoms with Crippen molar-refractivity contribution < 1.29 is 14.7 Å². The summed E-state index contributed by atoms with van der Waals surface area (Å²) in [5.74, 6) is -0.195. The molecular formula is C27H28Cl2N4O4. The molecule has 0 bridgehead atoms. The second-order valence-corrected chi connectivity index (χ2v) is 10.9. The number of benzene rings is 2. The number of amides is 2. The molecule has 1 aliphatic carbocycles. The van der Waals surface area contributed by atoms with Crippen LogP contribution in [0, 0.1) is 0 Å². The molecule has 5 rings (SSSR count). The van der Waals surface area contributed by atoms with Gasteiger partial charge in [-0.05, 0) is 67.0 Å². The van der Waals surface area contributed by atoms with E-state index >= 15 is 0 Å². The van der Waals surface area contributed by atoms with Crippen molar-refractivity contribution in [2.75, 3.05) is 20.1 Å². The van der Waals surface area contributed by atoms with Crippen molar-refractivity contribution >= 4 is 45.9 Å². The molecule has 0 spiro atoms. The van der Waals surface area contributed by atoms with E-state index in [1.54, 1.807) is 30.1 Å². The number of fused-ring (bicyclic) bond motifs is 1. The molecule has 1 saturated heterocycles. The zero-order valence-electron chi connectivity index (χ0n) is 20.5. The first-order valence-corrected chi connectivity index (χ1v) is 13.1. The first kappa shape index (κ1) is 25.7. The Hall–Kier alpha value is -2.94.